The van der Waals surface area contributed by atoms with Gasteiger partial charge in [-0.2, -0.15) is 4.98 Å². The predicted octanol–water partition coefficient (Wildman–Crippen LogP) is 2.27. The summed E-state index contributed by atoms with van der Waals surface area (Å²) in [5.41, 5.74) is 1.04. The topological polar surface area (TPSA) is 48.9 Å². The summed E-state index contributed by atoms with van der Waals surface area (Å²) in [5, 5.41) is 9.39. The lowest BCUT2D eigenvalue weighted by molar-refractivity contribution is 0.399. The molecule has 74 valence electrons. The minimum absolute atomic E-state index is 0.154. The van der Waals surface area contributed by atoms with E-state index >= 15 is 0 Å². The van der Waals surface area contributed by atoms with E-state index in [1.807, 2.05) is 6.92 Å². The summed E-state index contributed by atoms with van der Waals surface area (Å²) in [7, 11) is 0. The molecule has 0 aliphatic heterocycles. The van der Waals surface area contributed by atoms with Gasteiger partial charge in [0.1, 0.15) is 5.82 Å². The summed E-state index contributed by atoms with van der Waals surface area (Å²) in [6, 6.07) is 0. The standard InChI is InChI=1S/C10H18N2O/c1-5-7-9(13)12-8(11-7)6-10(2,3)4/h13H,5-6H2,1-4H3,(H,11,12). The molecule has 0 spiro atoms. The monoisotopic (exact) mass is 182 g/mol. The van der Waals surface area contributed by atoms with E-state index in [0.717, 1.165) is 24.4 Å². The smallest absolute Gasteiger partial charge is 0.232 e. The van der Waals surface area contributed by atoms with Crippen LogP contribution in [0.1, 0.15) is 39.2 Å². The fraction of sp³-hybridized carbons (Fsp3) is 0.700. The highest BCUT2D eigenvalue weighted by atomic mass is 16.3. The fourth-order valence-electron chi connectivity index (χ4n) is 1.29. The van der Waals surface area contributed by atoms with Crippen molar-refractivity contribution in [3.8, 4) is 5.88 Å². The van der Waals surface area contributed by atoms with Gasteiger partial charge in [0.25, 0.3) is 0 Å². The Morgan fingerprint density at radius 3 is 2.38 bits per heavy atom. The van der Waals surface area contributed by atoms with Crippen molar-refractivity contribution in [1.29, 1.82) is 0 Å². The quantitative estimate of drug-likeness (QED) is 0.737. The molecule has 0 amide bonds. The number of hydrogen-bond donors (Lipinski definition) is 2. The molecule has 0 aromatic carbocycles. The number of aromatic hydroxyl groups is 1. The summed E-state index contributed by atoms with van der Waals surface area (Å²) < 4.78 is 0. The molecule has 1 heterocycles. The molecule has 2 N–H and O–H groups in total. The summed E-state index contributed by atoms with van der Waals surface area (Å²) in [6.07, 6.45) is 1.66. The molecule has 3 nitrogen and oxygen atoms in total. The molecule has 0 bridgehead atoms. The third-order valence-electron chi connectivity index (χ3n) is 1.86. The number of aromatic amines is 1. The average molecular weight is 182 g/mol. The number of H-pyrrole nitrogens is 1. The average Bonchev–Trinajstić information content (AvgIpc) is 2.26. The number of rotatable bonds is 2. The molecule has 0 saturated heterocycles. The van der Waals surface area contributed by atoms with Crippen molar-refractivity contribution in [2.24, 2.45) is 5.41 Å². The van der Waals surface area contributed by atoms with E-state index in [1.54, 1.807) is 0 Å². The highest BCUT2D eigenvalue weighted by Crippen LogP contribution is 2.21. The lowest BCUT2D eigenvalue weighted by atomic mass is 9.92. The van der Waals surface area contributed by atoms with Gasteiger partial charge >= 0.3 is 0 Å². The van der Waals surface area contributed by atoms with Crippen LogP contribution in [0.4, 0.5) is 0 Å². The van der Waals surface area contributed by atoms with Gasteiger partial charge in [0.15, 0.2) is 0 Å². The second kappa shape index (κ2) is 3.40. The van der Waals surface area contributed by atoms with Crippen LogP contribution in [0.2, 0.25) is 0 Å². The normalized spacial score (nSPS) is 12.0. The third-order valence-corrected chi connectivity index (χ3v) is 1.86. The minimum Gasteiger partial charge on any atom is -0.492 e. The number of aryl methyl sites for hydroxylation is 1. The molecule has 0 fully saturated rings. The predicted molar refractivity (Wildman–Crippen MR) is 52.8 cm³/mol. The highest BCUT2D eigenvalue weighted by molar-refractivity contribution is 5.19. The van der Waals surface area contributed by atoms with E-state index in [9.17, 15) is 5.11 Å². The second-order valence-electron chi connectivity index (χ2n) is 4.58. The summed E-state index contributed by atoms with van der Waals surface area (Å²) in [6.45, 7) is 8.45. The number of nitrogens with zero attached hydrogens (tertiary/aromatic N) is 1. The van der Waals surface area contributed by atoms with Crippen molar-refractivity contribution in [3.63, 3.8) is 0 Å². The first kappa shape index (κ1) is 10.1. The Morgan fingerprint density at radius 2 is 2.00 bits per heavy atom. The van der Waals surface area contributed by atoms with Crippen LogP contribution in [-0.2, 0) is 12.8 Å². The van der Waals surface area contributed by atoms with Gasteiger partial charge < -0.3 is 10.1 Å². The number of aromatic nitrogens is 2. The molecule has 13 heavy (non-hydrogen) atoms. The zero-order valence-corrected chi connectivity index (χ0v) is 8.81. The molecular weight excluding hydrogens is 164 g/mol. The molecule has 0 atom stereocenters. The zero-order chi connectivity index (χ0) is 10.1. The Balaban J connectivity index is 2.80. The Labute approximate surface area is 79.2 Å². The minimum atomic E-state index is 0.154. The van der Waals surface area contributed by atoms with Crippen molar-refractivity contribution in [1.82, 2.24) is 9.97 Å². The van der Waals surface area contributed by atoms with Crippen LogP contribution in [0, 0.1) is 5.41 Å². The van der Waals surface area contributed by atoms with Crippen LogP contribution in [0.15, 0.2) is 0 Å². The van der Waals surface area contributed by atoms with E-state index in [1.165, 1.54) is 0 Å². The molecule has 1 rings (SSSR count). The Kier molecular flexibility index (Phi) is 2.64. The Bertz CT molecular complexity index is 284. The van der Waals surface area contributed by atoms with Crippen LogP contribution in [-0.4, -0.2) is 15.1 Å². The van der Waals surface area contributed by atoms with Crippen molar-refractivity contribution in [3.05, 3.63) is 11.5 Å². The van der Waals surface area contributed by atoms with Gasteiger partial charge in [-0.15, -0.1) is 0 Å². The lowest BCUT2D eigenvalue weighted by Crippen LogP contribution is -2.10. The molecular formula is C10H18N2O. The molecule has 3 heteroatoms. The van der Waals surface area contributed by atoms with E-state index in [-0.39, 0.29) is 11.3 Å². The first-order chi connectivity index (χ1) is 5.92. The number of hydrogen-bond acceptors (Lipinski definition) is 2. The van der Waals surface area contributed by atoms with Crippen LogP contribution < -0.4 is 0 Å². The largest absolute Gasteiger partial charge is 0.492 e. The van der Waals surface area contributed by atoms with Gasteiger partial charge in [0, 0.05) is 6.42 Å². The zero-order valence-electron chi connectivity index (χ0n) is 8.81. The van der Waals surface area contributed by atoms with Crippen molar-refractivity contribution >= 4 is 0 Å². The number of nitrogens with one attached hydrogen (secondary N) is 1. The molecule has 0 saturated carbocycles. The molecule has 0 aliphatic rings. The van der Waals surface area contributed by atoms with E-state index in [2.05, 4.69) is 30.7 Å². The second-order valence-corrected chi connectivity index (χ2v) is 4.58. The number of imidazole rings is 1. The van der Waals surface area contributed by atoms with E-state index in [0.29, 0.717) is 0 Å². The van der Waals surface area contributed by atoms with Gasteiger partial charge in [0.05, 0.1) is 5.69 Å². The van der Waals surface area contributed by atoms with E-state index in [4.69, 9.17) is 0 Å². The van der Waals surface area contributed by atoms with Crippen LogP contribution in [0.25, 0.3) is 0 Å². The van der Waals surface area contributed by atoms with Crippen molar-refractivity contribution < 1.29 is 5.11 Å². The van der Waals surface area contributed by atoms with Crippen LogP contribution in [0.5, 0.6) is 5.88 Å². The maximum absolute atomic E-state index is 9.39. The summed E-state index contributed by atoms with van der Waals surface area (Å²) in [4.78, 5) is 7.19. The third kappa shape index (κ3) is 2.76. The first-order valence-electron chi connectivity index (χ1n) is 4.69. The maximum Gasteiger partial charge on any atom is 0.232 e. The van der Waals surface area contributed by atoms with Gasteiger partial charge in [-0.1, -0.05) is 27.7 Å². The molecule has 1 aromatic rings. The van der Waals surface area contributed by atoms with Crippen molar-refractivity contribution in [2.75, 3.05) is 0 Å². The summed E-state index contributed by atoms with van der Waals surface area (Å²) >= 11 is 0. The molecule has 0 radical (unpaired) electrons. The molecule has 0 unspecified atom stereocenters. The van der Waals surface area contributed by atoms with Crippen LogP contribution in [0.3, 0.4) is 0 Å². The van der Waals surface area contributed by atoms with Crippen molar-refractivity contribution in [2.45, 2.75) is 40.5 Å². The molecule has 1 aromatic heterocycles. The SMILES string of the molecule is CCc1[nH]c(CC(C)(C)C)nc1O. The van der Waals surface area contributed by atoms with E-state index < -0.39 is 0 Å². The first-order valence-corrected chi connectivity index (χ1v) is 4.69. The van der Waals surface area contributed by atoms with Gasteiger partial charge in [0.2, 0.25) is 5.88 Å². The lowest BCUT2D eigenvalue weighted by Gasteiger charge is -2.15. The van der Waals surface area contributed by atoms with Gasteiger partial charge in [-0.25, -0.2) is 0 Å². The van der Waals surface area contributed by atoms with Gasteiger partial charge in [-0.05, 0) is 11.8 Å². The fourth-order valence-corrected chi connectivity index (χ4v) is 1.29. The van der Waals surface area contributed by atoms with Gasteiger partial charge in [-0.3, -0.25) is 0 Å². The Morgan fingerprint density at radius 1 is 1.38 bits per heavy atom. The Hall–Kier alpha value is -0.990. The summed E-state index contributed by atoms with van der Waals surface area (Å²) in [5.74, 6) is 1.03. The maximum atomic E-state index is 9.39. The molecule has 0 aliphatic carbocycles. The van der Waals surface area contributed by atoms with Crippen LogP contribution >= 0.6 is 0 Å². The highest BCUT2D eigenvalue weighted by Gasteiger charge is 2.15.